The Bertz CT molecular complexity index is 444. The summed E-state index contributed by atoms with van der Waals surface area (Å²) >= 11 is 6.15. The summed E-state index contributed by atoms with van der Waals surface area (Å²) in [4.78, 5) is 0. The lowest BCUT2D eigenvalue weighted by molar-refractivity contribution is 0.0310. The zero-order valence-electron chi connectivity index (χ0n) is 11.1. The molecule has 0 bridgehead atoms. The maximum Gasteiger partial charge on any atom is 0.120 e. The number of halogens is 1. The molecule has 1 fully saturated rings. The minimum absolute atomic E-state index is 0.145. The highest BCUT2D eigenvalue weighted by atomic mass is 35.5. The van der Waals surface area contributed by atoms with Crippen molar-refractivity contribution in [2.24, 2.45) is 0 Å². The van der Waals surface area contributed by atoms with Crippen molar-refractivity contribution < 1.29 is 13.7 Å². The van der Waals surface area contributed by atoms with Gasteiger partial charge >= 0.3 is 0 Å². The maximum absolute atomic E-state index is 12.1. The highest BCUT2D eigenvalue weighted by molar-refractivity contribution is 7.84. The molecule has 1 aromatic rings. The van der Waals surface area contributed by atoms with Crippen molar-refractivity contribution in [2.75, 3.05) is 19.5 Å². The highest BCUT2D eigenvalue weighted by Gasteiger charge is 2.17. The number of hydrogen-bond acceptors (Lipinski definition) is 3. The first-order chi connectivity index (χ1) is 9.19. The van der Waals surface area contributed by atoms with Gasteiger partial charge in [0.2, 0.25) is 0 Å². The molecular weight excluding hydrogens is 284 g/mol. The lowest BCUT2D eigenvalue weighted by Crippen LogP contribution is -2.25. The summed E-state index contributed by atoms with van der Waals surface area (Å²) in [5, 5.41) is 0.609. The van der Waals surface area contributed by atoms with Crippen LogP contribution in [0.2, 0.25) is 5.02 Å². The van der Waals surface area contributed by atoms with E-state index in [-0.39, 0.29) is 6.10 Å². The topological polar surface area (TPSA) is 35.5 Å². The number of methoxy groups -OCH3 is 1. The largest absolute Gasteiger partial charge is 0.497 e. The molecule has 1 saturated heterocycles. The zero-order chi connectivity index (χ0) is 13.7. The normalized spacial score (nSPS) is 21.1. The Morgan fingerprint density at radius 3 is 2.95 bits per heavy atom. The molecule has 0 aliphatic carbocycles. The van der Waals surface area contributed by atoms with Crippen molar-refractivity contribution in [3.63, 3.8) is 0 Å². The molecule has 0 saturated carbocycles. The molecule has 1 heterocycles. The van der Waals surface area contributed by atoms with Crippen LogP contribution < -0.4 is 4.74 Å². The van der Waals surface area contributed by atoms with Crippen LogP contribution in [-0.4, -0.2) is 29.8 Å². The molecule has 1 aliphatic heterocycles. The Morgan fingerprint density at radius 2 is 2.32 bits per heavy atom. The van der Waals surface area contributed by atoms with E-state index in [1.165, 1.54) is 6.42 Å². The van der Waals surface area contributed by atoms with Crippen LogP contribution in [0.4, 0.5) is 0 Å². The fourth-order valence-corrected chi connectivity index (χ4v) is 3.86. The van der Waals surface area contributed by atoms with E-state index in [1.807, 2.05) is 12.1 Å². The van der Waals surface area contributed by atoms with Gasteiger partial charge in [0.25, 0.3) is 0 Å². The van der Waals surface area contributed by atoms with Crippen LogP contribution >= 0.6 is 11.6 Å². The predicted molar refractivity (Wildman–Crippen MR) is 78.3 cm³/mol. The van der Waals surface area contributed by atoms with Gasteiger partial charge in [0.1, 0.15) is 5.75 Å². The van der Waals surface area contributed by atoms with E-state index in [0.29, 0.717) is 16.5 Å². The van der Waals surface area contributed by atoms with E-state index >= 15 is 0 Å². The van der Waals surface area contributed by atoms with Gasteiger partial charge in [-0.15, -0.1) is 0 Å². The van der Waals surface area contributed by atoms with Gasteiger partial charge in [-0.3, -0.25) is 4.21 Å². The monoisotopic (exact) mass is 302 g/mol. The second-order valence-electron chi connectivity index (χ2n) is 4.70. The number of rotatable bonds is 5. The van der Waals surface area contributed by atoms with Gasteiger partial charge in [0, 0.05) is 22.4 Å². The van der Waals surface area contributed by atoms with Crippen molar-refractivity contribution in [2.45, 2.75) is 31.1 Å². The standard InChI is InChI=1S/C14H19ClO3S/c1-17-12-6-5-11(14(15)8-12)9-19(16)10-13-4-2-3-7-18-13/h5-6,8,13H,2-4,7,9-10H2,1H3/t13-,19+/m0/s1. The van der Waals surface area contributed by atoms with E-state index in [9.17, 15) is 4.21 Å². The molecule has 19 heavy (non-hydrogen) atoms. The Balaban J connectivity index is 1.91. The van der Waals surface area contributed by atoms with E-state index in [4.69, 9.17) is 21.1 Å². The van der Waals surface area contributed by atoms with E-state index < -0.39 is 10.8 Å². The molecule has 2 atom stereocenters. The molecule has 0 amide bonds. The first kappa shape index (κ1) is 14.8. The van der Waals surface area contributed by atoms with Crippen LogP contribution in [0, 0.1) is 0 Å². The third kappa shape index (κ3) is 4.48. The quantitative estimate of drug-likeness (QED) is 0.838. The molecule has 1 aliphatic rings. The molecule has 0 unspecified atom stereocenters. The summed E-state index contributed by atoms with van der Waals surface area (Å²) in [5.41, 5.74) is 0.900. The molecular formula is C14H19ClO3S. The number of hydrogen-bond donors (Lipinski definition) is 0. The second-order valence-corrected chi connectivity index (χ2v) is 6.61. The van der Waals surface area contributed by atoms with Crippen molar-refractivity contribution in [1.82, 2.24) is 0 Å². The SMILES string of the molecule is COc1ccc(C[S@@](=O)C[C@@H]2CCCCO2)c(Cl)c1. The third-order valence-corrected chi connectivity index (χ3v) is 4.95. The highest BCUT2D eigenvalue weighted by Crippen LogP contribution is 2.24. The Morgan fingerprint density at radius 1 is 1.47 bits per heavy atom. The lowest BCUT2D eigenvalue weighted by atomic mass is 10.1. The Hall–Kier alpha value is -0.580. The molecule has 1 aromatic carbocycles. The van der Waals surface area contributed by atoms with Crippen molar-refractivity contribution in [1.29, 1.82) is 0 Å². The lowest BCUT2D eigenvalue weighted by Gasteiger charge is -2.22. The van der Waals surface area contributed by atoms with Crippen molar-refractivity contribution >= 4 is 22.4 Å². The Kier molecular flexibility index (Phi) is 5.67. The average molecular weight is 303 g/mol. The minimum atomic E-state index is -0.938. The molecule has 2 rings (SSSR count). The second kappa shape index (κ2) is 7.27. The van der Waals surface area contributed by atoms with Gasteiger partial charge in [0.15, 0.2) is 0 Å². The zero-order valence-corrected chi connectivity index (χ0v) is 12.6. The molecule has 5 heteroatoms. The van der Waals surface area contributed by atoms with E-state index in [0.717, 1.165) is 30.8 Å². The smallest absolute Gasteiger partial charge is 0.120 e. The van der Waals surface area contributed by atoms with Gasteiger partial charge < -0.3 is 9.47 Å². The fourth-order valence-electron chi connectivity index (χ4n) is 2.15. The Labute approximate surface area is 121 Å². The van der Waals surface area contributed by atoms with E-state index in [2.05, 4.69) is 0 Å². The number of ether oxygens (including phenoxy) is 2. The summed E-state index contributed by atoms with van der Waals surface area (Å²) in [7, 11) is 0.663. The first-order valence-electron chi connectivity index (χ1n) is 6.48. The number of benzene rings is 1. The van der Waals surface area contributed by atoms with Gasteiger partial charge in [0.05, 0.1) is 24.7 Å². The van der Waals surface area contributed by atoms with Gasteiger partial charge in [-0.05, 0) is 37.0 Å². The molecule has 0 radical (unpaired) electrons. The predicted octanol–water partition coefficient (Wildman–Crippen LogP) is 3.17. The first-order valence-corrected chi connectivity index (χ1v) is 8.34. The van der Waals surface area contributed by atoms with Crippen LogP contribution in [0.1, 0.15) is 24.8 Å². The summed E-state index contributed by atoms with van der Waals surface area (Å²) in [6.07, 6.45) is 3.45. The van der Waals surface area contributed by atoms with Crippen molar-refractivity contribution in [3.05, 3.63) is 28.8 Å². The molecule has 106 valence electrons. The van der Waals surface area contributed by atoms with Crippen LogP contribution in [0.15, 0.2) is 18.2 Å². The maximum atomic E-state index is 12.1. The summed E-state index contributed by atoms with van der Waals surface area (Å²) in [5.74, 6) is 1.79. The summed E-state index contributed by atoms with van der Waals surface area (Å²) < 4.78 is 22.8. The fraction of sp³-hybridized carbons (Fsp3) is 0.571. The minimum Gasteiger partial charge on any atom is -0.497 e. The van der Waals surface area contributed by atoms with Gasteiger partial charge in [-0.2, -0.15) is 0 Å². The summed E-state index contributed by atoms with van der Waals surface area (Å²) in [6.45, 7) is 0.797. The molecule has 0 aromatic heterocycles. The average Bonchev–Trinajstić information content (AvgIpc) is 2.42. The van der Waals surface area contributed by atoms with Crippen LogP contribution in [0.3, 0.4) is 0 Å². The summed E-state index contributed by atoms with van der Waals surface area (Å²) in [6, 6.07) is 5.47. The van der Waals surface area contributed by atoms with Gasteiger partial charge in [-0.1, -0.05) is 17.7 Å². The molecule has 3 nitrogen and oxygen atoms in total. The third-order valence-electron chi connectivity index (χ3n) is 3.22. The van der Waals surface area contributed by atoms with Crippen molar-refractivity contribution in [3.8, 4) is 5.75 Å². The molecule has 0 N–H and O–H groups in total. The van der Waals surface area contributed by atoms with Crippen LogP contribution in [-0.2, 0) is 21.3 Å². The van der Waals surface area contributed by atoms with Gasteiger partial charge in [-0.25, -0.2) is 0 Å². The van der Waals surface area contributed by atoms with E-state index in [1.54, 1.807) is 13.2 Å². The van der Waals surface area contributed by atoms with Crippen LogP contribution in [0.5, 0.6) is 5.75 Å². The van der Waals surface area contributed by atoms with Crippen LogP contribution in [0.25, 0.3) is 0 Å². The molecule has 0 spiro atoms.